The molecule has 0 unspecified atom stereocenters. The van der Waals surface area contributed by atoms with Crippen molar-refractivity contribution in [3.05, 3.63) is 29.3 Å². The molecule has 90 valence electrons. The first-order chi connectivity index (χ1) is 8.20. The highest BCUT2D eigenvalue weighted by molar-refractivity contribution is 7.13. The van der Waals surface area contributed by atoms with Crippen LogP contribution in [0.4, 0.5) is 5.13 Å². The number of carbonyl (C=O) groups is 1. The Labute approximate surface area is 103 Å². The Morgan fingerprint density at radius 3 is 3.06 bits per heavy atom. The lowest BCUT2D eigenvalue weighted by molar-refractivity contribution is 0.0978. The van der Waals surface area contributed by atoms with E-state index in [4.69, 9.17) is 5.73 Å². The summed E-state index contributed by atoms with van der Waals surface area (Å²) in [5, 5.41) is 2.30. The molecular weight excluding hydrogens is 236 g/mol. The summed E-state index contributed by atoms with van der Waals surface area (Å²) in [6.07, 6.45) is 4.71. The maximum atomic E-state index is 12.0. The number of rotatable bonds is 5. The van der Waals surface area contributed by atoms with E-state index in [0.29, 0.717) is 16.6 Å². The summed E-state index contributed by atoms with van der Waals surface area (Å²) < 4.78 is 1.87. The van der Waals surface area contributed by atoms with Crippen LogP contribution < -0.4 is 5.73 Å². The normalized spacial score (nSPS) is 10.6. The third-order valence-electron chi connectivity index (χ3n) is 2.34. The molecule has 0 aliphatic carbocycles. The average molecular weight is 250 g/mol. The zero-order chi connectivity index (χ0) is 12.3. The standard InChI is InChI=1S/C11H14N4OS/c1-2-4-15-5-3-13-10(15)9(16)6-8-7-17-11(12)14-8/h3,5,7H,2,4,6H2,1H3,(H2,12,14). The highest BCUT2D eigenvalue weighted by Crippen LogP contribution is 2.13. The van der Waals surface area contributed by atoms with Gasteiger partial charge in [-0.05, 0) is 6.42 Å². The molecule has 0 amide bonds. The van der Waals surface area contributed by atoms with Crippen LogP contribution in [0.3, 0.4) is 0 Å². The van der Waals surface area contributed by atoms with Crippen LogP contribution >= 0.6 is 11.3 Å². The number of hydrogen-bond acceptors (Lipinski definition) is 5. The smallest absolute Gasteiger partial charge is 0.204 e. The van der Waals surface area contributed by atoms with Gasteiger partial charge in [-0.1, -0.05) is 6.92 Å². The van der Waals surface area contributed by atoms with Gasteiger partial charge in [0, 0.05) is 24.3 Å². The lowest BCUT2D eigenvalue weighted by atomic mass is 10.2. The molecule has 2 heterocycles. The zero-order valence-corrected chi connectivity index (χ0v) is 10.4. The number of thiazole rings is 1. The molecule has 2 N–H and O–H groups in total. The second-order valence-electron chi connectivity index (χ2n) is 3.72. The number of aryl methyl sites for hydroxylation is 1. The summed E-state index contributed by atoms with van der Waals surface area (Å²) in [7, 11) is 0. The fraction of sp³-hybridized carbons (Fsp3) is 0.364. The van der Waals surface area contributed by atoms with Crippen molar-refractivity contribution in [2.75, 3.05) is 5.73 Å². The van der Waals surface area contributed by atoms with E-state index in [0.717, 1.165) is 13.0 Å². The van der Waals surface area contributed by atoms with Gasteiger partial charge in [-0.15, -0.1) is 11.3 Å². The minimum absolute atomic E-state index is 0.0197. The van der Waals surface area contributed by atoms with E-state index in [1.54, 1.807) is 11.6 Å². The predicted molar refractivity (Wildman–Crippen MR) is 67.1 cm³/mol. The first-order valence-electron chi connectivity index (χ1n) is 5.45. The summed E-state index contributed by atoms with van der Waals surface area (Å²) >= 11 is 1.35. The molecule has 0 aliphatic heterocycles. The lowest BCUT2D eigenvalue weighted by Crippen LogP contribution is -2.12. The van der Waals surface area contributed by atoms with Crippen molar-refractivity contribution >= 4 is 22.3 Å². The molecule has 17 heavy (non-hydrogen) atoms. The van der Waals surface area contributed by atoms with Crippen LogP contribution in [0.1, 0.15) is 29.7 Å². The van der Waals surface area contributed by atoms with Crippen LogP contribution in [-0.2, 0) is 13.0 Å². The van der Waals surface area contributed by atoms with Gasteiger partial charge >= 0.3 is 0 Å². The topological polar surface area (TPSA) is 73.8 Å². The van der Waals surface area contributed by atoms with Crippen molar-refractivity contribution < 1.29 is 4.79 Å². The number of Topliss-reactive ketones (excluding diaryl/α,β-unsaturated/α-hetero) is 1. The SMILES string of the molecule is CCCn1ccnc1C(=O)Cc1csc(N)n1. The van der Waals surface area contributed by atoms with Gasteiger partial charge in [0.2, 0.25) is 5.78 Å². The minimum Gasteiger partial charge on any atom is -0.375 e. The molecule has 2 aromatic heterocycles. The Morgan fingerprint density at radius 1 is 1.59 bits per heavy atom. The Hall–Kier alpha value is -1.69. The van der Waals surface area contributed by atoms with E-state index in [1.807, 2.05) is 10.8 Å². The Bertz CT molecular complexity index is 517. The van der Waals surface area contributed by atoms with Crippen molar-refractivity contribution in [2.45, 2.75) is 26.3 Å². The number of carbonyl (C=O) groups excluding carboxylic acids is 1. The van der Waals surface area contributed by atoms with Crippen molar-refractivity contribution in [3.63, 3.8) is 0 Å². The van der Waals surface area contributed by atoms with Gasteiger partial charge in [0.25, 0.3) is 0 Å². The summed E-state index contributed by atoms with van der Waals surface area (Å²) in [5.74, 6) is 0.479. The van der Waals surface area contributed by atoms with Crippen LogP contribution in [0.5, 0.6) is 0 Å². The largest absolute Gasteiger partial charge is 0.375 e. The first kappa shape index (κ1) is 11.8. The number of ketones is 1. The van der Waals surface area contributed by atoms with Gasteiger partial charge in [-0.25, -0.2) is 9.97 Å². The third-order valence-corrected chi connectivity index (χ3v) is 3.06. The van der Waals surface area contributed by atoms with Crippen molar-refractivity contribution in [1.82, 2.24) is 14.5 Å². The van der Waals surface area contributed by atoms with Gasteiger partial charge < -0.3 is 10.3 Å². The monoisotopic (exact) mass is 250 g/mol. The van der Waals surface area contributed by atoms with Crippen LogP contribution in [0.2, 0.25) is 0 Å². The summed E-state index contributed by atoms with van der Waals surface area (Å²) in [5.41, 5.74) is 6.24. The second kappa shape index (κ2) is 5.09. The molecule has 2 rings (SSSR count). The molecular formula is C11H14N4OS. The van der Waals surface area contributed by atoms with Crippen LogP contribution in [0.15, 0.2) is 17.8 Å². The molecule has 2 aromatic rings. The molecule has 6 heteroatoms. The molecule has 0 bridgehead atoms. The van der Waals surface area contributed by atoms with Gasteiger partial charge in [-0.2, -0.15) is 0 Å². The minimum atomic E-state index is -0.0197. The molecule has 0 saturated heterocycles. The number of hydrogen-bond donors (Lipinski definition) is 1. The molecule has 0 saturated carbocycles. The summed E-state index contributed by atoms with van der Waals surface area (Å²) in [6, 6.07) is 0. The van der Waals surface area contributed by atoms with Crippen LogP contribution in [0, 0.1) is 0 Å². The molecule has 0 fully saturated rings. The van der Waals surface area contributed by atoms with E-state index < -0.39 is 0 Å². The molecule has 0 aromatic carbocycles. The van der Waals surface area contributed by atoms with E-state index in [-0.39, 0.29) is 12.2 Å². The molecule has 0 radical (unpaired) electrons. The van der Waals surface area contributed by atoms with Gasteiger partial charge in [0.15, 0.2) is 11.0 Å². The Morgan fingerprint density at radius 2 is 2.41 bits per heavy atom. The van der Waals surface area contributed by atoms with Crippen molar-refractivity contribution in [3.8, 4) is 0 Å². The second-order valence-corrected chi connectivity index (χ2v) is 4.61. The number of anilines is 1. The number of aromatic nitrogens is 3. The lowest BCUT2D eigenvalue weighted by Gasteiger charge is -2.03. The molecule has 5 nitrogen and oxygen atoms in total. The predicted octanol–water partition coefficient (Wildman–Crippen LogP) is 1.76. The van der Waals surface area contributed by atoms with E-state index in [9.17, 15) is 4.79 Å². The highest BCUT2D eigenvalue weighted by atomic mass is 32.1. The van der Waals surface area contributed by atoms with E-state index in [1.165, 1.54) is 11.3 Å². The number of nitrogens with two attached hydrogens (primary N) is 1. The first-order valence-corrected chi connectivity index (χ1v) is 6.33. The zero-order valence-electron chi connectivity index (χ0n) is 9.59. The molecule has 0 spiro atoms. The maximum absolute atomic E-state index is 12.0. The van der Waals surface area contributed by atoms with E-state index in [2.05, 4.69) is 16.9 Å². The Balaban J connectivity index is 2.11. The average Bonchev–Trinajstić information content (AvgIpc) is 2.88. The van der Waals surface area contributed by atoms with Crippen molar-refractivity contribution in [2.24, 2.45) is 0 Å². The van der Waals surface area contributed by atoms with E-state index >= 15 is 0 Å². The number of imidazole rings is 1. The third kappa shape index (κ3) is 2.71. The fourth-order valence-electron chi connectivity index (χ4n) is 1.63. The van der Waals surface area contributed by atoms with Gasteiger partial charge in [0.05, 0.1) is 12.1 Å². The molecule has 0 aliphatic rings. The number of nitrogen functional groups attached to an aromatic ring is 1. The van der Waals surface area contributed by atoms with Crippen molar-refractivity contribution in [1.29, 1.82) is 0 Å². The van der Waals surface area contributed by atoms with Crippen LogP contribution in [-0.4, -0.2) is 20.3 Å². The molecule has 0 atom stereocenters. The fourth-order valence-corrected chi connectivity index (χ4v) is 2.19. The summed E-state index contributed by atoms with van der Waals surface area (Å²) in [4.78, 5) is 20.2. The van der Waals surface area contributed by atoms with Gasteiger partial charge in [0.1, 0.15) is 0 Å². The maximum Gasteiger partial charge on any atom is 0.204 e. The number of nitrogens with zero attached hydrogens (tertiary/aromatic N) is 3. The van der Waals surface area contributed by atoms with Gasteiger partial charge in [-0.3, -0.25) is 4.79 Å². The Kier molecular flexibility index (Phi) is 3.53. The van der Waals surface area contributed by atoms with Crippen LogP contribution in [0.25, 0.3) is 0 Å². The summed E-state index contributed by atoms with van der Waals surface area (Å²) in [6.45, 7) is 2.87. The quantitative estimate of drug-likeness (QED) is 0.820. The highest BCUT2D eigenvalue weighted by Gasteiger charge is 2.14.